The maximum Gasteiger partial charge on any atom is 0.262 e. The molecule has 0 saturated heterocycles. The summed E-state index contributed by atoms with van der Waals surface area (Å²) in [6.07, 6.45) is 1.39. The number of rotatable bonds is 5. The number of aliphatic imine (C=N–C) groups is 1. The molecular formula is C11H14ClN3O4S2. The highest BCUT2D eigenvalue weighted by Gasteiger charge is 2.19. The van der Waals surface area contributed by atoms with Gasteiger partial charge in [0, 0.05) is 18.7 Å². The molecule has 1 heterocycles. The molecule has 1 aliphatic heterocycles. The van der Waals surface area contributed by atoms with Crippen LogP contribution in [0.1, 0.15) is 12.8 Å². The second-order valence-electron chi connectivity index (χ2n) is 4.39. The van der Waals surface area contributed by atoms with E-state index in [1.807, 2.05) is 0 Å². The van der Waals surface area contributed by atoms with Gasteiger partial charge in [-0.25, -0.2) is 16.8 Å². The molecule has 1 aliphatic rings. The van der Waals surface area contributed by atoms with E-state index in [4.69, 9.17) is 11.6 Å². The summed E-state index contributed by atoms with van der Waals surface area (Å²) in [4.78, 5) is 3.99. The summed E-state index contributed by atoms with van der Waals surface area (Å²) < 4.78 is 51.7. The third kappa shape index (κ3) is 4.32. The molecule has 10 heteroatoms. The third-order valence-corrected chi connectivity index (χ3v) is 5.76. The van der Waals surface area contributed by atoms with Gasteiger partial charge in [-0.05, 0) is 24.6 Å². The van der Waals surface area contributed by atoms with Crippen LogP contribution in [0.2, 0.25) is 0 Å². The molecule has 21 heavy (non-hydrogen) atoms. The van der Waals surface area contributed by atoms with E-state index in [2.05, 4.69) is 14.4 Å². The Morgan fingerprint density at radius 1 is 1.19 bits per heavy atom. The second-order valence-corrected chi connectivity index (χ2v) is 8.38. The van der Waals surface area contributed by atoms with E-state index in [9.17, 15) is 16.8 Å². The fourth-order valence-corrected chi connectivity index (χ4v) is 3.61. The van der Waals surface area contributed by atoms with E-state index in [0.717, 1.165) is 6.42 Å². The quantitative estimate of drug-likeness (QED) is 0.775. The molecule has 2 N–H and O–H groups in total. The predicted octanol–water partition coefficient (Wildman–Crippen LogP) is 1.10. The molecule has 0 saturated carbocycles. The lowest BCUT2D eigenvalue weighted by Gasteiger charge is -2.10. The Morgan fingerprint density at radius 3 is 2.57 bits per heavy atom. The third-order valence-electron chi connectivity index (χ3n) is 2.69. The van der Waals surface area contributed by atoms with Crippen LogP contribution in [0.3, 0.4) is 0 Å². The Morgan fingerprint density at radius 2 is 1.95 bits per heavy atom. The number of sulfonamides is 2. The van der Waals surface area contributed by atoms with E-state index in [-0.39, 0.29) is 10.6 Å². The average molecular weight is 352 g/mol. The van der Waals surface area contributed by atoms with Gasteiger partial charge in [-0.3, -0.25) is 14.4 Å². The number of hydrogen-bond donors (Lipinski definition) is 2. The van der Waals surface area contributed by atoms with Crippen molar-refractivity contribution in [3.05, 3.63) is 24.3 Å². The van der Waals surface area contributed by atoms with E-state index < -0.39 is 25.3 Å². The molecule has 7 nitrogen and oxygen atoms in total. The Kier molecular flexibility index (Phi) is 4.74. The van der Waals surface area contributed by atoms with E-state index in [0.29, 0.717) is 18.8 Å². The Balaban J connectivity index is 2.24. The smallest absolute Gasteiger partial charge is 0.262 e. The van der Waals surface area contributed by atoms with E-state index >= 15 is 0 Å². The van der Waals surface area contributed by atoms with Gasteiger partial charge in [0.15, 0.2) is 0 Å². The maximum absolute atomic E-state index is 12.2. The lowest BCUT2D eigenvalue weighted by molar-refractivity contribution is 0.592. The molecule has 1 aromatic rings. The fourth-order valence-electron chi connectivity index (χ4n) is 1.77. The predicted molar refractivity (Wildman–Crippen MR) is 81.6 cm³/mol. The Labute approximate surface area is 128 Å². The molecule has 2 rings (SSSR count). The van der Waals surface area contributed by atoms with Crippen LogP contribution in [0.4, 0.5) is 5.69 Å². The molecule has 0 spiro atoms. The van der Waals surface area contributed by atoms with Crippen LogP contribution in [-0.4, -0.2) is 34.4 Å². The topological polar surface area (TPSA) is 105 Å². The molecule has 0 atom stereocenters. The molecule has 0 amide bonds. The lowest BCUT2D eigenvalue weighted by Crippen LogP contribution is -2.29. The number of benzene rings is 1. The van der Waals surface area contributed by atoms with Crippen molar-refractivity contribution in [3.8, 4) is 0 Å². The molecule has 0 bridgehead atoms. The van der Waals surface area contributed by atoms with Crippen LogP contribution in [0, 0.1) is 0 Å². The number of nitrogens with zero attached hydrogens (tertiary/aromatic N) is 1. The van der Waals surface area contributed by atoms with Crippen LogP contribution in [-0.2, 0) is 20.0 Å². The molecule has 116 valence electrons. The Bertz CT molecular complexity index is 759. The standard InChI is InChI=1S/C11H14ClN3O4S2/c12-8-20(16,17)14-9-3-1-4-10(7-9)21(18,19)15-11-5-2-6-13-11/h1,3-4,7,14H,2,5-6,8H2,(H,13,15). The average Bonchev–Trinajstić information content (AvgIpc) is 2.91. The highest BCUT2D eigenvalue weighted by atomic mass is 35.5. The number of hydrogen-bond acceptors (Lipinski definition) is 5. The van der Waals surface area contributed by atoms with Gasteiger partial charge in [0.05, 0.1) is 4.90 Å². The summed E-state index contributed by atoms with van der Waals surface area (Å²) in [7, 11) is -7.46. The minimum Gasteiger partial charge on any atom is -0.283 e. The van der Waals surface area contributed by atoms with Gasteiger partial charge >= 0.3 is 0 Å². The maximum atomic E-state index is 12.2. The highest BCUT2D eigenvalue weighted by molar-refractivity contribution is 7.93. The molecule has 0 unspecified atom stereocenters. The van der Waals surface area contributed by atoms with Gasteiger partial charge in [-0.2, -0.15) is 0 Å². The van der Waals surface area contributed by atoms with Crippen LogP contribution in [0.25, 0.3) is 0 Å². The molecule has 0 aromatic heterocycles. The molecule has 0 fully saturated rings. The largest absolute Gasteiger partial charge is 0.283 e. The summed E-state index contributed by atoms with van der Waals surface area (Å²) in [5, 5.41) is -0.612. The van der Waals surface area contributed by atoms with Crippen molar-refractivity contribution >= 4 is 43.2 Å². The van der Waals surface area contributed by atoms with Crippen molar-refractivity contribution in [2.75, 3.05) is 16.5 Å². The summed E-state index contributed by atoms with van der Waals surface area (Å²) in [5.74, 6) is 0.418. The lowest BCUT2D eigenvalue weighted by atomic mass is 10.3. The SMILES string of the molecule is O=S(=O)(CCl)Nc1cccc(S(=O)(=O)NC2=NCCC2)c1. The van der Waals surface area contributed by atoms with Gasteiger partial charge in [-0.15, -0.1) is 11.6 Å². The number of alkyl halides is 1. The van der Waals surface area contributed by atoms with Gasteiger partial charge < -0.3 is 0 Å². The normalized spacial score (nSPS) is 15.6. The summed E-state index contributed by atoms with van der Waals surface area (Å²) in [6.45, 7) is 0.605. The highest BCUT2D eigenvalue weighted by Crippen LogP contribution is 2.17. The van der Waals surface area contributed by atoms with E-state index in [1.165, 1.54) is 24.3 Å². The van der Waals surface area contributed by atoms with Gasteiger partial charge in [0.1, 0.15) is 11.0 Å². The number of nitrogens with one attached hydrogen (secondary N) is 2. The monoisotopic (exact) mass is 351 g/mol. The van der Waals surface area contributed by atoms with Crippen LogP contribution in [0.5, 0.6) is 0 Å². The summed E-state index contributed by atoms with van der Waals surface area (Å²) in [5.41, 5.74) is 0.131. The zero-order chi connectivity index (χ0) is 15.5. The number of halogens is 1. The number of anilines is 1. The fraction of sp³-hybridized carbons (Fsp3) is 0.364. The van der Waals surface area contributed by atoms with Gasteiger partial charge in [0.25, 0.3) is 10.0 Å². The second kappa shape index (κ2) is 6.20. The van der Waals surface area contributed by atoms with E-state index in [1.54, 1.807) is 0 Å². The zero-order valence-corrected chi connectivity index (χ0v) is 13.3. The van der Waals surface area contributed by atoms with Crippen molar-refractivity contribution < 1.29 is 16.8 Å². The molecular weight excluding hydrogens is 338 g/mol. The van der Waals surface area contributed by atoms with Crippen LogP contribution >= 0.6 is 11.6 Å². The number of amidine groups is 1. The molecule has 0 radical (unpaired) electrons. The van der Waals surface area contributed by atoms with Gasteiger partial charge in [0.2, 0.25) is 10.0 Å². The van der Waals surface area contributed by atoms with Crippen molar-refractivity contribution in [2.24, 2.45) is 4.99 Å². The summed E-state index contributed by atoms with van der Waals surface area (Å²) in [6, 6.07) is 5.48. The van der Waals surface area contributed by atoms with Crippen molar-refractivity contribution in [1.82, 2.24) is 4.72 Å². The van der Waals surface area contributed by atoms with Crippen molar-refractivity contribution in [1.29, 1.82) is 0 Å². The van der Waals surface area contributed by atoms with Crippen molar-refractivity contribution in [3.63, 3.8) is 0 Å². The van der Waals surface area contributed by atoms with Crippen molar-refractivity contribution in [2.45, 2.75) is 17.7 Å². The first-order chi connectivity index (χ1) is 9.82. The van der Waals surface area contributed by atoms with Crippen LogP contribution in [0.15, 0.2) is 34.2 Å². The first-order valence-electron chi connectivity index (χ1n) is 6.05. The zero-order valence-electron chi connectivity index (χ0n) is 10.9. The minimum absolute atomic E-state index is 0.0492. The minimum atomic E-state index is -3.78. The Hall–Kier alpha value is -1.32. The van der Waals surface area contributed by atoms with Gasteiger partial charge in [-0.1, -0.05) is 6.07 Å². The first kappa shape index (κ1) is 16.1. The molecule has 0 aliphatic carbocycles. The van der Waals surface area contributed by atoms with Crippen LogP contribution < -0.4 is 9.44 Å². The molecule has 1 aromatic carbocycles. The first-order valence-corrected chi connectivity index (χ1v) is 9.72. The summed E-state index contributed by atoms with van der Waals surface area (Å²) >= 11 is 5.29.